The summed E-state index contributed by atoms with van der Waals surface area (Å²) < 4.78 is 0. The standard InChI is InChI=1S/C15H15N5O/c1-20(11-4-2-3-10(5-11)7-16)15(21)13-6-12-14(8-17-13)19-9-18-12/h2-5,9,13,17H,6,8H2,1H3,(H,18,19). The van der Waals surface area contributed by atoms with Gasteiger partial charge in [0.1, 0.15) is 0 Å². The first-order chi connectivity index (χ1) is 10.2. The second-order valence-corrected chi connectivity index (χ2v) is 5.02. The minimum absolute atomic E-state index is 0.0289. The second kappa shape index (κ2) is 5.38. The van der Waals surface area contributed by atoms with Gasteiger partial charge < -0.3 is 9.88 Å². The van der Waals surface area contributed by atoms with E-state index in [2.05, 4.69) is 21.4 Å². The number of nitrogens with zero attached hydrogens (tertiary/aromatic N) is 3. The molecule has 2 aromatic rings. The maximum atomic E-state index is 12.6. The van der Waals surface area contributed by atoms with Crippen LogP contribution in [-0.2, 0) is 17.8 Å². The molecule has 0 fully saturated rings. The lowest BCUT2D eigenvalue weighted by molar-refractivity contribution is -0.120. The number of carbonyl (C=O) groups excluding carboxylic acids is 1. The minimum Gasteiger partial charge on any atom is -0.347 e. The molecule has 1 aromatic heterocycles. The summed E-state index contributed by atoms with van der Waals surface area (Å²) in [6.07, 6.45) is 2.22. The number of benzene rings is 1. The largest absolute Gasteiger partial charge is 0.347 e. The summed E-state index contributed by atoms with van der Waals surface area (Å²) in [4.78, 5) is 21.4. The molecule has 1 aliphatic heterocycles. The van der Waals surface area contributed by atoms with Crippen molar-refractivity contribution in [2.45, 2.75) is 19.0 Å². The average Bonchev–Trinajstić information content (AvgIpc) is 3.01. The predicted octanol–water partition coefficient (Wildman–Crippen LogP) is 0.959. The fourth-order valence-electron chi connectivity index (χ4n) is 2.49. The normalized spacial score (nSPS) is 16.9. The molecule has 1 amide bonds. The summed E-state index contributed by atoms with van der Waals surface area (Å²) in [6, 6.07) is 8.81. The Bertz CT molecular complexity index is 715. The minimum atomic E-state index is -0.295. The molecule has 0 spiro atoms. The van der Waals surface area contributed by atoms with Crippen LogP contribution in [0.4, 0.5) is 5.69 Å². The van der Waals surface area contributed by atoms with Crippen LogP contribution in [0.3, 0.4) is 0 Å². The maximum absolute atomic E-state index is 12.6. The van der Waals surface area contributed by atoms with Crippen molar-refractivity contribution in [2.24, 2.45) is 0 Å². The van der Waals surface area contributed by atoms with Gasteiger partial charge in [-0.1, -0.05) is 6.07 Å². The summed E-state index contributed by atoms with van der Waals surface area (Å²) in [5.74, 6) is -0.0289. The second-order valence-electron chi connectivity index (χ2n) is 5.02. The Balaban J connectivity index is 1.78. The van der Waals surface area contributed by atoms with Crippen molar-refractivity contribution in [3.8, 4) is 6.07 Å². The van der Waals surface area contributed by atoms with Crippen molar-refractivity contribution >= 4 is 11.6 Å². The Morgan fingerprint density at radius 1 is 1.52 bits per heavy atom. The molecule has 1 aliphatic rings. The molecule has 1 unspecified atom stereocenters. The SMILES string of the molecule is CN(C(=O)C1Cc2nc[nH]c2CN1)c1cccc(C#N)c1. The van der Waals surface area contributed by atoms with Gasteiger partial charge in [0.05, 0.1) is 35.4 Å². The molecule has 6 heteroatoms. The monoisotopic (exact) mass is 281 g/mol. The van der Waals surface area contributed by atoms with Gasteiger partial charge in [-0.2, -0.15) is 5.26 Å². The van der Waals surface area contributed by atoms with Crippen LogP contribution in [0.1, 0.15) is 17.0 Å². The van der Waals surface area contributed by atoms with Gasteiger partial charge in [0, 0.05) is 25.7 Å². The van der Waals surface area contributed by atoms with Crippen LogP contribution in [-0.4, -0.2) is 29.0 Å². The van der Waals surface area contributed by atoms with Crippen LogP contribution in [0, 0.1) is 11.3 Å². The van der Waals surface area contributed by atoms with Gasteiger partial charge in [-0.3, -0.25) is 10.1 Å². The predicted molar refractivity (Wildman–Crippen MR) is 77.5 cm³/mol. The van der Waals surface area contributed by atoms with E-state index in [1.807, 2.05) is 6.07 Å². The van der Waals surface area contributed by atoms with Gasteiger partial charge >= 0.3 is 0 Å². The number of nitrogens with one attached hydrogen (secondary N) is 2. The van der Waals surface area contributed by atoms with Gasteiger partial charge in [0.15, 0.2) is 0 Å². The number of aromatic amines is 1. The molecule has 0 aliphatic carbocycles. The summed E-state index contributed by atoms with van der Waals surface area (Å²) in [6.45, 7) is 0.609. The lowest BCUT2D eigenvalue weighted by Gasteiger charge is -2.27. The Morgan fingerprint density at radius 3 is 3.19 bits per heavy atom. The first kappa shape index (κ1) is 13.3. The first-order valence-electron chi connectivity index (χ1n) is 6.71. The maximum Gasteiger partial charge on any atom is 0.244 e. The van der Waals surface area contributed by atoms with E-state index in [1.165, 1.54) is 0 Å². The summed E-state index contributed by atoms with van der Waals surface area (Å²) in [7, 11) is 1.72. The molecule has 0 saturated heterocycles. The van der Waals surface area contributed by atoms with E-state index >= 15 is 0 Å². The number of H-pyrrole nitrogens is 1. The quantitative estimate of drug-likeness (QED) is 0.858. The van der Waals surface area contributed by atoms with E-state index < -0.39 is 0 Å². The van der Waals surface area contributed by atoms with E-state index in [0.717, 1.165) is 11.4 Å². The molecule has 3 rings (SSSR count). The van der Waals surface area contributed by atoms with Crippen LogP contribution >= 0.6 is 0 Å². The highest BCUT2D eigenvalue weighted by Crippen LogP contribution is 2.18. The lowest BCUT2D eigenvalue weighted by Crippen LogP contribution is -2.48. The van der Waals surface area contributed by atoms with Crippen LogP contribution in [0.2, 0.25) is 0 Å². The van der Waals surface area contributed by atoms with Crippen LogP contribution in [0.25, 0.3) is 0 Å². The number of hydrogen-bond acceptors (Lipinski definition) is 4. The molecule has 0 bridgehead atoms. The van der Waals surface area contributed by atoms with Crippen LogP contribution in [0.15, 0.2) is 30.6 Å². The molecule has 2 N–H and O–H groups in total. The number of amides is 1. The van der Waals surface area contributed by atoms with E-state index in [1.54, 1.807) is 36.5 Å². The molecule has 21 heavy (non-hydrogen) atoms. The fraction of sp³-hybridized carbons (Fsp3) is 0.267. The molecular formula is C15H15N5O. The summed E-state index contributed by atoms with van der Waals surface area (Å²) in [5.41, 5.74) is 3.23. The van der Waals surface area contributed by atoms with Gasteiger partial charge in [-0.25, -0.2) is 4.98 Å². The zero-order valence-corrected chi connectivity index (χ0v) is 11.6. The third-order valence-electron chi connectivity index (χ3n) is 3.72. The molecule has 6 nitrogen and oxygen atoms in total. The molecule has 0 saturated carbocycles. The van der Waals surface area contributed by atoms with Crippen molar-refractivity contribution in [2.75, 3.05) is 11.9 Å². The molecule has 1 atom stereocenters. The number of hydrogen-bond donors (Lipinski definition) is 2. The number of nitriles is 1. The fourth-order valence-corrected chi connectivity index (χ4v) is 2.49. The number of likely N-dealkylation sites (N-methyl/N-ethyl adjacent to an activating group) is 1. The zero-order chi connectivity index (χ0) is 14.8. The highest BCUT2D eigenvalue weighted by molar-refractivity contribution is 5.97. The molecular weight excluding hydrogens is 266 g/mol. The average molecular weight is 281 g/mol. The number of aromatic nitrogens is 2. The van der Waals surface area contributed by atoms with Gasteiger partial charge in [0.2, 0.25) is 5.91 Å². The Labute approximate surface area is 122 Å². The number of anilines is 1. The zero-order valence-electron chi connectivity index (χ0n) is 11.6. The number of carbonyl (C=O) groups is 1. The van der Waals surface area contributed by atoms with Crippen molar-refractivity contribution in [1.82, 2.24) is 15.3 Å². The smallest absolute Gasteiger partial charge is 0.244 e. The van der Waals surface area contributed by atoms with Crippen molar-refractivity contribution < 1.29 is 4.79 Å². The number of imidazole rings is 1. The molecule has 2 heterocycles. The van der Waals surface area contributed by atoms with Gasteiger partial charge in [-0.15, -0.1) is 0 Å². The number of rotatable bonds is 2. The summed E-state index contributed by atoms with van der Waals surface area (Å²) in [5, 5.41) is 12.2. The van der Waals surface area contributed by atoms with E-state index in [9.17, 15) is 4.79 Å². The van der Waals surface area contributed by atoms with Crippen LogP contribution < -0.4 is 10.2 Å². The third kappa shape index (κ3) is 2.51. The highest BCUT2D eigenvalue weighted by atomic mass is 16.2. The topological polar surface area (TPSA) is 84.8 Å². The van der Waals surface area contributed by atoms with Gasteiger partial charge in [0.25, 0.3) is 0 Å². The lowest BCUT2D eigenvalue weighted by atomic mass is 10.0. The Kier molecular flexibility index (Phi) is 3.42. The van der Waals surface area contributed by atoms with E-state index in [4.69, 9.17) is 5.26 Å². The Hall–Kier alpha value is -2.65. The van der Waals surface area contributed by atoms with Gasteiger partial charge in [-0.05, 0) is 18.2 Å². The summed E-state index contributed by atoms with van der Waals surface area (Å²) >= 11 is 0. The highest BCUT2D eigenvalue weighted by Gasteiger charge is 2.28. The van der Waals surface area contributed by atoms with Crippen molar-refractivity contribution in [3.05, 3.63) is 47.5 Å². The Morgan fingerprint density at radius 2 is 2.38 bits per heavy atom. The molecule has 106 valence electrons. The molecule has 1 aromatic carbocycles. The number of fused-ring (bicyclic) bond motifs is 1. The first-order valence-corrected chi connectivity index (χ1v) is 6.71. The van der Waals surface area contributed by atoms with Crippen molar-refractivity contribution in [1.29, 1.82) is 5.26 Å². The van der Waals surface area contributed by atoms with Crippen molar-refractivity contribution in [3.63, 3.8) is 0 Å². The van der Waals surface area contributed by atoms with Crippen LogP contribution in [0.5, 0.6) is 0 Å². The third-order valence-corrected chi connectivity index (χ3v) is 3.72. The van der Waals surface area contributed by atoms with E-state index in [0.29, 0.717) is 24.2 Å². The van der Waals surface area contributed by atoms with E-state index in [-0.39, 0.29) is 11.9 Å². The molecule has 0 radical (unpaired) electrons.